The van der Waals surface area contributed by atoms with Gasteiger partial charge in [-0.2, -0.15) is 10.4 Å². The van der Waals surface area contributed by atoms with Gasteiger partial charge in [-0.05, 0) is 25.5 Å². The summed E-state index contributed by atoms with van der Waals surface area (Å²) in [7, 11) is 0. The number of hydrogen-bond acceptors (Lipinski definition) is 4. The zero-order valence-electron chi connectivity index (χ0n) is 12.1. The second kappa shape index (κ2) is 5.34. The van der Waals surface area contributed by atoms with E-state index in [9.17, 15) is 4.79 Å². The average molecular weight is 300 g/mol. The van der Waals surface area contributed by atoms with Crippen LogP contribution < -0.4 is 5.56 Å². The number of nitriles is 1. The lowest BCUT2D eigenvalue weighted by Crippen LogP contribution is -2.27. The predicted octanol–water partition coefficient (Wildman–Crippen LogP) is 2.89. The van der Waals surface area contributed by atoms with Crippen LogP contribution in [0.4, 0.5) is 0 Å². The molecule has 21 heavy (non-hydrogen) atoms. The molecule has 0 aromatic carbocycles. The van der Waals surface area contributed by atoms with E-state index in [1.807, 2.05) is 17.4 Å². The minimum absolute atomic E-state index is 0.0776. The number of aromatic nitrogens is 3. The first-order valence-electron chi connectivity index (χ1n) is 7.04. The van der Waals surface area contributed by atoms with Gasteiger partial charge in [0.1, 0.15) is 11.3 Å². The van der Waals surface area contributed by atoms with E-state index in [1.165, 1.54) is 9.56 Å². The lowest BCUT2D eigenvalue weighted by Gasteiger charge is -2.09. The van der Waals surface area contributed by atoms with E-state index in [4.69, 9.17) is 5.26 Å². The highest BCUT2D eigenvalue weighted by molar-refractivity contribution is 7.19. The van der Waals surface area contributed by atoms with Gasteiger partial charge in [0.25, 0.3) is 5.56 Å². The van der Waals surface area contributed by atoms with Crippen LogP contribution in [0.15, 0.2) is 16.9 Å². The topological polar surface area (TPSA) is 63.1 Å². The van der Waals surface area contributed by atoms with Crippen LogP contribution in [-0.2, 0) is 13.0 Å². The molecule has 0 unspecified atom stereocenters. The monoisotopic (exact) mass is 300 g/mol. The van der Waals surface area contributed by atoms with Crippen molar-refractivity contribution < 1.29 is 0 Å². The Bertz CT molecular complexity index is 910. The Morgan fingerprint density at radius 2 is 2.19 bits per heavy atom. The number of nitrogens with zero attached hydrogens (tertiary/aromatic N) is 4. The van der Waals surface area contributed by atoms with Gasteiger partial charge >= 0.3 is 0 Å². The van der Waals surface area contributed by atoms with E-state index in [0.717, 1.165) is 22.5 Å². The normalized spacial score (nSPS) is 11.3. The molecule has 0 radical (unpaired) electrons. The van der Waals surface area contributed by atoms with Gasteiger partial charge in [-0.3, -0.25) is 9.20 Å². The first-order chi connectivity index (χ1) is 10.2. The molecule has 0 saturated heterocycles. The third-order valence-corrected chi connectivity index (χ3v) is 4.52. The lowest BCUT2D eigenvalue weighted by molar-refractivity contribution is 0.535. The molecule has 0 aliphatic heterocycles. The van der Waals surface area contributed by atoms with Crippen molar-refractivity contribution in [2.75, 3.05) is 0 Å². The fourth-order valence-corrected chi connectivity index (χ4v) is 3.54. The minimum Gasteiger partial charge on any atom is -0.290 e. The van der Waals surface area contributed by atoms with Crippen LogP contribution in [0.1, 0.15) is 30.5 Å². The molecule has 0 bridgehead atoms. The van der Waals surface area contributed by atoms with Gasteiger partial charge in [0.05, 0.1) is 16.3 Å². The molecular formula is C15H16N4OS. The minimum atomic E-state index is -0.0776. The third-order valence-electron chi connectivity index (χ3n) is 3.54. The fraction of sp³-hybridized carbons (Fsp3) is 0.400. The molecule has 5 nitrogen and oxygen atoms in total. The van der Waals surface area contributed by atoms with Crippen LogP contribution in [0.25, 0.3) is 15.7 Å². The summed E-state index contributed by atoms with van der Waals surface area (Å²) in [6.07, 6.45) is 1.85. The molecule has 6 heteroatoms. The number of fused-ring (bicyclic) bond motifs is 3. The summed E-state index contributed by atoms with van der Waals surface area (Å²) in [5.74, 6) is 0.884. The summed E-state index contributed by atoms with van der Waals surface area (Å²) in [6, 6.07) is 6.16. The molecule has 0 aliphatic carbocycles. The van der Waals surface area contributed by atoms with Crippen molar-refractivity contribution >= 4 is 27.1 Å². The molecule has 0 saturated carbocycles. The highest BCUT2D eigenvalue weighted by Gasteiger charge is 2.14. The van der Waals surface area contributed by atoms with Gasteiger partial charge in [-0.15, -0.1) is 11.3 Å². The quantitative estimate of drug-likeness (QED) is 0.696. The molecular weight excluding hydrogens is 284 g/mol. The van der Waals surface area contributed by atoms with Crippen LogP contribution in [-0.4, -0.2) is 14.2 Å². The summed E-state index contributed by atoms with van der Waals surface area (Å²) < 4.78 is 4.60. The maximum atomic E-state index is 12.5. The molecule has 3 aromatic rings. The number of hydrogen-bond donors (Lipinski definition) is 0. The Balaban J connectivity index is 2.23. The fourth-order valence-electron chi connectivity index (χ4n) is 2.60. The van der Waals surface area contributed by atoms with E-state index in [0.29, 0.717) is 24.9 Å². The highest BCUT2D eigenvalue weighted by Crippen LogP contribution is 2.28. The summed E-state index contributed by atoms with van der Waals surface area (Å²) in [4.78, 5) is 13.8. The largest absolute Gasteiger partial charge is 0.291 e. The number of aryl methyl sites for hydroxylation is 3. The zero-order chi connectivity index (χ0) is 15.0. The smallest absolute Gasteiger partial charge is 0.290 e. The molecule has 0 amide bonds. The van der Waals surface area contributed by atoms with Crippen LogP contribution in [0.2, 0.25) is 0 Å². The van der Waals surface area contributed by atoms with Crippen molar-refractivity contribution in [2.45, 2.75) is 39.7 Å². The van der Waals surface area contributed by atoms with Crippen LogP contribution >= 0.6 is 11.3 Å². The third kappa shape index (κ3) is 2.24. The van der Waals surface area contributed by atoms with Gasteiger partial charge < -0.3 is 0 Å². The molecule has 3 aromatic heterocycles. The molecule has 3 heterocycles. The molecule has 3 rings (SSSR count). The van der Waals surface area contributed by atoms with E-state index in [2.05, 4.69) is 24.2 Å². The van der Waals surface area contributed by atoms with Gasteiger partial charge in [0.15, 0.2) is 0 Å². The molecule has 0 fully saturated rings. The zero-order valence-corrected chi connectivity index (χ0v) is 12.9. The van der Waals surface area contributed by atoms with E-state index < -0.39 is 0 Å². The van der Waals surface area contributed by atoms with Crippen LogP contribution in [0.3, 0.4) is 0 Å². The molecule has 0 atom stereocenters. The maximum Gasteiger partial charge on any atom is 0.291 e. The molecule has 0 spiro atoms. The summed E-state index contributed by atoms with van der Waals surface area (Å²) in [6.45, 7) is 4.60. The van der Waals surface area contributed by atoms with Crippen molar-refractivity contribution in [3.05, 3.63) is 33.2 Å². The van der Waals surface area contributed by atoms with Gasteiger partial charge in [0.2, 0.25) is 0 Å². The van der Waals surface area contributed by atoms with Crippen molar-refractivity contribution in [1.82, 2.24) is 14.2 Å². The Morgan fingerprint density at radius 1 is 1.38 bits per heavy atom. The van der Waals surface area contributed by atoms with Crippen LogP contribution in [0, 0.1) is 18.3 Å². The first kappa shape index (κ1) is 13.8. The van der Waals surface area contributed by atoms with E-state index in [-0.39, 0.29) is 5.56 Å². The second-order valence-corrected chi connectivity index (χ2v) is 6.32. The Kier molecular flexibility index (Phi) is 3.52. The summed E-state index contributed by atoms with van der Waals surface area (Å²) >= 11 is 1.69. The number of rotatable bonds is 4. The molecule has 0 aliphatic rings. The van der Waals surface area contributed by atoms with Crippen molar-refractivity contribution in [2.24, 2.45) is 0 Å². The Labute approximate surface area is 126 Å². The average Bonchev–Trinajstić information content (AvgIpc) is 2.98. The molecule has 0 N–H and O–H groups in total. The van der Waals surface area contributed by atoms with E-state index >= 15 is 0 Å². The lowest BCUT2D eigenvalue weighted by atomic mass is 10.3. The standard InChI is InChI=1S/C15H16N4OS/c1-3-14-17-18(7-5-4-6-16)15(20)12-9-13-11(19(12)14)8-10(2)21-13/h8-9H,3-5,7H2,1-2H3. The maximum absolute atomic E-state index is 12.5. The second-order valence-electron chi connectivity index (χ2n) is 5.03. The van der Waals surface area contributed by atoms with Crippen LogP contribution in [0.5, 0.6) is 0 Å². The predicted molar refractivity (Wildman–Crippen MR) is 83.8 cm³/mol. The van der Waals surface area contributed by atoms with Gasteiger partial charge in [0, 0.05) is 24.3 Å². The Hall–Kier alpha value is -2.13. The van der Waals surface area contributed by atoms with Gasteiger partial charge in [-0.25, -0.2) is 4.68 Å². The van der Waals surface area contributed by atoms with Gasteiger partial charge in [-0.1, -0.05) is 6.92 Å². The summed E-state index contributed by atoms with van der Waals surface area (Å²) in [5, 5.41) is 13.1. The Morgan fingerprint density at radius 3 is 2.90 bits per heavy atom. The number of unbranched alkanes of at least 4 members (excludes halogenated alkanes) is 1. The van der Waals surface area contributed by atoms with Crippen molar-refractivity contribution in [3.63, 3.8) is 0 Å². The summed E-state index contributed by atoms with van der Waals surface area (Å²) in [5.41, 5.74) is 1.67. The van der Waals surface area contributed by atoms with Crippen molar-refractivity contribution in [1.29, 1.82) is 5.26 Å². The SMILES string of the molecule is CCc1nn(CCCC#N)c(=O)c2cc3sc(C)cc3n12. The van der Waals surface area contributed by atoms with E-state index in [1.54, 1.807) is 11.3 Å². The van der Waals surface area contributed by atoms with Crippen molar-refractivity contribution in [3.8, 4) is 6.07 Å². The molecule has 108 valence electrons. The number of thiophene rings is 1. The first-order valence-corrected chi connectivity index (χ1v) is 7.86. The highest BCUT2D eigenvalue weighted by atomic mass is 32.1.